The molecular formula is C9H3Br2ClFN. The summed E-state index contributed by atoms with van der Waals surface area (Å²) in [7, 11) is 0. The zero-order valence-electron chi connectivity index (χ0n) is 6.69. The minimum atomic E-state index is -0.372. The summed E-state index contributed by atoms with van der Waals surface area (Å²) in [5.41, 5.74) is 0.586. The first-order chi connectivity index (χ1) is 6.59. The fraction of sp³-hybridized carbons (Fsp3) is 0. The van der Waals surface area contributed by atoms with E-state index in [4.69, 9.17) is 11.6 Å². The Hall–Kier alpha value is -0.190. The van der Waals surface area contributed by atoms with Gasteiger partial charge in [-0.15, -0.1) is 0 Å². The average molecular weight is 339 g/mol. The SMILES string of the molecule is Fc1cc(Cl)c2ncc(Br)c(Br)c2c1. The molecule has 2 rings (SSSR count). The van der Waals surface area contributed by atoms with Gasteiger partial charge in [0.25, 0.3) is 0 Å². The Morgan fingerprint density at radius 1 is 1.29 bits per heavy atom. The molecule has 0 fully saturated rings. The maximum absolute atomic E-state index is 13.1. The van der Waals surface area contributed by atoms with Gasteiger partial charge in [0.05, 0.1) is 15.0 Å². The van der Waals surface area contributed by atoms with E-state index in [1.54, 1.807) is 6.20 Å². The molecule has 0 bridgehead atoms. The van der Waals surface area contributed by atoms with Gasteiger partial charge >= 0.3 is 0 Å². The smallest absolute Gasteiger partial charge is 0.125 e. The van der Waals surface area contributed by atoms with Gasteiger partial charge < -0.3 is 0 Å². The summed E-state index contributed by atoms with van der Waals surface area (Å²) in [6.07, 6.45) is 1.62. The van der Waals surface area contributed by atoms with Crippen LogP contribution in [0.4, 0.5) is 4.39 Å². The highest BCUT2D eigenvalue weighted by molar-refractivity contribution is 9.13. The Bertz CT molecular complexity index is 516. The summed E-state index contributed by atoms with van der Waals surface area (Å²) in [5.74, 6) is -0.372. The van der Waals surface area contributed by atoms with Crippen LogP contribution >= 0.6 is 43.5 Å². The highest BCUT2D eigenvalue weighted by Gasteiger charge is 2.08. The van der Waals surface area contributed by atoms with Gasteiger partial charge in [-0.1, -0.05) is 11.6 Å². The maximum atomic E-state index is 13.1. The van der Waals surface area contributed by atoms with Gasteiger partial charge in [-0.25, -0.2) is 4.39 Å². The van der Waals surface area contributed by atoms with Crippen molar-refractivity contribution in [1.82, 2.24) is 4.98 Å². The summed E-state index contributed by atoms with van der Waals surface area (Å²) in [5, 5.41) is 0.970. The molecule has 14 heavy (non-hydrogen) atoms. The van der Waals surface area contributed by atoms with Crippen LogP contribution in [0, 0.1) is 5.82 Å². The van der Waals surface area contributed by atoms with E-state index >= 15 is 0 Å². The third-order valence-corrected chi connectivity index (χ3v) is 4.06. The molecule has 0 aliphatic heterocycles. The fourth-order valence-electron chi connectivity index (χ4n) is 1.17. The third-order valence-electron chi connectivity index (χ3n) is 1.78. The average Bonchev–Trinajstić information content (AvgIpc) is 2.12. The number of hydrogen-bond donors (Lipinski definition) is 0. The zero-order valence-corrected chi connectivity index (χ0v) is 10.6. The van der Waals surface area contributed by atoms with E-state index < -0.39 is 0 Å². The Morgan fingerprint density at radius 2 is 2.00 bits per heavy atom. The van der Waals surface area contributed by atoms with E-state index in [1.165, 1.54) is 12.1 Å². The number of nitrogens with zero attached hydrogens (tertiary/aromatic N) is 1. The number of fused-ring (bicyclic) bond motifs is 1. The van der Waals surface area contributed by atoms with Crippen molar-refractivity contribution in [3.8, 4) is 0 Å². The lowest BCUT2D eigenvalue weighted by molar-refractivity contribution is 0.629. The van der Waals surface area contributed by atoms with E-state index in [1.807, 2.05) is 0 Å². The summed E-state index contributed by atoms with van der Waals surface area (Å²) < 4.78 is 14.6. The van der Waals surface area contributed by atoms with Crippen molar-refractivity contribution < 1.29 is 4.39 Å². The van der Waals surface area contributed by atoms with E-state index in [2.05, 4.69) is 36.8 Å². The van der Waals surface area contributed by atoms with Gasteiger partial charge in [0.15, 0.2) is 0 Å². The predicted molar refractivity (Wildman–Crippen MR) is 62.1 cm³/mol. The predicted octanol–water partition coefficient (Wildman–Crippen LogP) is 4.55. The van der Waals surface area contributed by atoms with E-state index in [0.29, 0.717) is 15.9 Å². The van der Waals surface area contributed by atoms with Crippen LogP contribution in [0.1, 0.15) is 0 Å². The van der Waals surface area contributed by atoms with Gasteiger partial charge in [-0.05, 0) is 44.0 Å². The van der Waals surface area contributed by atoms with Crippen LogP contribution in [0.5, 0.6) is 0 Å². The quantitative estimate of drug-likeness (QED) is 0.686. The molecule has 0 unspecified atom stereocenters. The molecule has 0 saturated heterocycles. The summed E-state index contributed by atoms with van der Waals surface area (Å²) in [6, 6.07) is 2.64. The van der Waals surface area contributed by atoms with Gasteiger partial charge in [-0.3, -0.25) is 4.98 Å². The number of rotatable bonds is 0. The molecule has 0 aliphatic carbocycles. The van der Waals surface area contributed by atoms with Crippen LogP contribution in [-0.4, -0.2) is 4.98 Å². The van der Waals surface area contributed by atoms with Crippen molar-refractivity contribution in [3.05, 3.63) is 38.1 Å². The molecule has 0 spiro atoms. The topological polar surface area (TPSA) is 12.9 Å². The lowest BCUT2D eigenvalue weighted by atomic mass is 10.2. The Morgan fingerprint density at radius 3 is 2.71 bits per heavy atom. The van der Waals surface area contributed by atoms with Gasteiger partial charge in [0, 0.05) is 16.1 Å². The Balaban J connectivity index is 2.95. The largest absolute Gasteiger partial charge is 0.253 e. The molecule has 1 nitrogen and oxygen atoms in total. The molecule has 0 amide bonds. The van der Waals surface area contributed by atoms with Crippen LogP contribution in [0.2, 0.25) is 5.02 Å². The summed E-state index contributed by atoms with van der Waals surface area (Å²) in [4.78, 5) is 4.11. The third kappa shape index (κ3) is 1.66. The minimum absolute atomic E-state index is 0.313. The highest BCUT2D eigenvalue weighted by atomic mass is 79.9. The fourth-order valence-corrected chi connectivity index (χ4v) is 2.15. The minimum Gasteiger partial charge on any atom is -0.253 e. The molecule has 1 heterocycles. The van der Waals surface area contributed by atoms with Crippen LogP contribution in [0.15, 0.2) is 27.3 Å². The molecule has 0 atom stereocenters. The Kier molecular flexibility index (Phi) is 2.77. The molecule has 0 N–H and O–H groups in total. The first-order valence-electron chi connectivity index (χ1n) is 3.68. The second-order valence-electron chi connectivity index (χ2n) is 2.70. The number of pyridine rings is 1. The molecule has 72 valence electrons. The molecule has 2 aromatic rings. The van der Waals surface area contributed by atoms with Crippen molar-refractivity contribution >= 4 is 54.4 Å². The second-order valence-corrected chi connectivity index (χ2v) is 4.76. The molecule has 5 heteroatoms. The lowest BCUT2D eigenvalue weighted by Gasteiger charge is -2.03. The molecule has 0 aliphatic rings. The van der Waals surface area contributed by atoms with E-state index in [0.717, 1.165) is 8.95 Å². The van der Waals surface area contributed by atoms with Gasteiger partial charge in [-0.2, -0.15) is 0 Å². The molecule has 1 aromatic carbocycles. The number of aromatic nitrogens is 1. The summed E-state index contributed by atoms with van der Waals surface area (Å²) >= 11 is 12.5. The molecule has 0 radical (unpaired) electrons. The number of benzene rings is 1. The summed E-state index contributed by atoms with van der Waals surface area (Å²) in [6.45, 7) is 0. The van der Waals surface area contributed by atoms with Gasteiger partial charge in [0.2, 0.25) is 0 Å². The number of hydrogen-bond acceptors (Lipinski definition) is 1. The van der Waals surface area contributed by atoms with Crippen LogP contribution in [0.25, 0.3) is 10.9 Å². The molecular weight excluding hydrogens is 336 g/mol. The molecule has 0 saturated carbocycles. The van der Waals surface area contributed by atoms with Crippen LogP contribution < -0.4 is 0 Å². The van der Waals surface area contributed by atoms with Crippen molar-refractivity contribution in [3.63, 3.8) is 0 Å². The normalized spacial score (nSPS) is 10.9. The first kappa shape index (κ1) is 10.3. The maximum Gasteiger partial charge on any atom is 0.125 e. The second kappa shape index (κ2) is 3.76. The van der Waals surface area contributed by atoms with Crippen molar-refractivity contribution in [2.45, 2.75) is 0 Å². The van der Waals surface area contributed by atoms with Crippen LogP contribution in [0.3, 0.4) is 0 Å². The number of halogens is 4. The highest BCUT2D eigenvalue weighted by Crippen LogP contribution is 2.33. The first-order valence-corrected chi connectivity index (χ1v) is 5.65. The lowest BCUT2D eigenvalue weighted by Crippen LogP contribution is -1.85. The van der Waals surface area contributed by atoms with Gasteiger partial charge in [0.1, 0.15) is 5.82 Å². The zero-order chi connectivity index (χ0) is 10.3. The standard InChI is InChI=1S/C9H3Br2ClFN/c10-6-3-14-9-5(8(6)11)1-4(13)2-7(9)12/h1-3H. The van der Waals surface area contributed by atoms with Crippen molar-refractivity contribution in [1.29, 1.82) is 0 Å². The van der Waals surface area contributed by atoms with E-state index in [9.17, 15) is 4.39 Å². The Labute approximate surface area is 102 Å². The van der Waals surface area contributed by atoms with Crippen molar-refractivity contribution in [2.24, 2.45) is 0 Å². The monoisotopic (exact) mass is 337 g/mol. The molecule has 1 aromatic heterocycles. The van der Waals surface area contributed by atoms with Crippen molar-refractivity contribution in [2.75, 3.05) is 0 Å². The van der Waals surface area contributed by atoms with Crippen LogP contribution in [-0.2, 0) is 0 Å². The van der Waals surface area contributed by atoms with E-state index in [-0.39, 0.29) is 5.82 Å².